The van der Waals surface area contributed by atoms with Gasteiger partial charge in [0.25, 0.3) is 21.2 Å². The molecule has 0 saturated heterocycles. The van der Waals surface area contributed by atoms with E-state index in [1.165, 1.54) is 0 Å². The first-order chi connectivity index (χ1) is 7.23. The molecule has 1 aromatic rings. The smallest absolute Gasteiger partial charge is 0.258 e. The van der Waals surface area contributed by atoms with E-state index in [2.05, 4.69) is 4.98 Å². The van der Waals surface area contributed by atoms with Gasteiger partial charge >= 0.3 is 0 Å². The summed E-state index contributed by atoms with van der Waals surface area (Å²) in [5.74, 6) is 0. The maximum Gasteiger partial charge on any atom is 0.296 e. The van der Waals surface area contributed by atoms with Gasteiger partial charge in [-0.3, -0.25) is 10.1 Å². The van der Waals surface area contributed by atoms with Gasteiger partial charge < -0.3 is 0 Å². The molecule has 0 saturated carbocycles. The summed E-state index contributed by atoms with van der Waals surface area (Å²) in [7, 11) is 0.566. The van der Waals surface area contributed by atoms with E-state index in [1.54, 1.807) is 0 Å². The van der Waals surface area contributed by atoms with Crippen LogP contribution in [0.15, 0.2) is 17.3 Å². The van der Waals surface area contributed by atoms with Crippen molar-refractivity contribution in [3.8, 4) is 0 Å². The molecule has 0 bridgehead atoms. The van der Waals surface area contributed by atoms with Gasteiger partial charge in [-0.2, -0.15) is 0 Å². The van der Waals surface area contributed by atoms with Crippen LogP contribution in [0.5, 0.6) is 0 Å². The second kappa shape index (κ2) is 4.26. The Labute approximate surface area is 92.4 Å². The number of hydrogen-bond donors (Lipinski definition) is 0. The number of rotatable bonds is 3. The van der Waals surface area contributed by atoms with Crippen LogP contribution in [0.3, 0.4) is 0 Å². The van der Waals surface area contributed by atoms with E-state index in [9.17, 15) is 27.3 Å². The Hall–Kier alpha value is -1.35. The fraction of sp³-hybridized carbons (Fsp3) is 0.167. The molecule has 0 unspecified atom stereocenters. The van der Waals surface area contributed by atoms with E-state index in [4.69, 9.17) is 10.7 Å². The third kappa shape index (κ3) is 2.61. The van der Waals surface area contributed by atoms with Crippen molar-refractivity contribution in [1.29, 1.82) is 0 Å². The molecule has 0 N–H and O–H groups in total. The van der Waals surface area contributed by atoms with Crippen LogP contribution in [0, 0.1) is 10.1 Å². The van der Waals surface area contributed by atoms with Gasteiger partial charge in [-0.15, -0.1) is 0 Å². The lowest BCUT2D eigenvalue weighted by Gasteiger charge is -2.02. The van der Waals surface area contributed by atoms with Crippen LogP contribution in [-0.4, -0.2) is 18.3 Å². The van der Waals surface area contributed by atoms with Crippen molar-refractivity contribution >= 4 is 25.4 Å². The van der Waals surface area contributed by atoms with Crippen LogP contribution < -0.4 is 0 Å². The molecule has 1 rings (SSSR count). The van der Waals surface area contributed by atoms with E-state index in [1.807, 2.05) is 0 Å². The number of aromatic nitrogens is 1. The first-order valence-corrected chi connectivity index (χ1v) is 5.91. The van der Waals surface area contributed by atoms with E-state index in [-0.39, 0.29) is 0 Å². The molecule has 0 aliphatic heterocycles. The average Bonchev–Trinajstić information content (AvgIpc) is 2.15. The molecular weight excluding hydrogens is 270 g/mol. The van der Waals surface area contributed by atoms with E-state index in [0.717, 1.165) is 0 Å². The molecule has 10 heteroatoms. The van der Waals surface area contributed by atoms with Crippen molar-refractivity contribution in [1.82, 2.24) is 4.98 Å². The molecule has 6 nitrogen and oxygen atoms in total. The molecule has 88 valence electrons. The third-order valence-electron chi connectivity index (χ3n) is 1.57. The maximum atomic E-state index is 12.4. The number of alkyl halides is 2. The van der Waals surface area contributed by atoms with Crippen LogP contribution in [0.2, 0.25) is 0 Å². The Kier molecular flexibility index (Phi) is 3.38. The summed E-state index contributed by atoms with van der Waals surface area (Å²) in [6.45, 7) is 0. The molecule has 1 heterocycles. The number of hydrogen-bond acceptors (Lipinski definition) is 5. The maximum absolute atomic E-state index is 12.4. The van der Waals surface area contributed by atoms with Crippen molar-refractivity contribution in [2.45, 2.75) is 11.5 Å². The SMILES string of the molecule is O=[N+]([O-])c1cnc(S(=O)(=O)Cl)cc1C(F)F. The van der Waals surface area contributed by atoms with E-state index in [0.29, 0.717) is 12.3 Å². The second-order valence-corrected chi connectivity index (χ2v) is 5.09. The standard InChI is InChI=1S/C6H3ClF2N2O4S/c7-16(14,15)5-1-3(6(8)9)4(2-10-5)11(12)13/h1-2,6H. The minimum absolute atomic E-state index is 0.380. The van der Waals surface area contributed by atoms with Gasteiger partial charge in [0.15, 0.2) is 5.03 Å². The molecule has 16 heavy (non-hydrogen) atoms. The summed E-state index contributed by atoms with van der Waals surface area (Å²) < 4.78 is 46.3. The zero-order valence-corrected chi connectivity index (χ0v) is 8.87. The highest BCUT2D eigenvalue weighted by Crippen LogP contribution is 2.30. The van der Waals surface area contributed by atoms with Crippen LogP contribution in [0.4, 0.5) is 14.5 Å². The van der Waals surface area contributed by atoms with Gasteiger partial charge in [0.1, 0.15) is 6.20 Å². The van der Waals surface area contributed by atoms with E-state index >= 15 is 0 Å². The third-order valence-corrected chi connectivity index (χ3v) is 2.77. The Balaban J connectivity index is 3.46. The van der Waals surface area contributed by atoms with Crippen LogP contribution in [0.25, 0.3) is 0 Å². The highest BCUT2D eigenvalue weighted by Gasteiger charge is 2.25. The van der Waals surface area contributed by atoms with Crippen molar-refractivity contribution in [2.75, 3.05) is 0 Å². The van der Waals surface area contributed by atoms with Gasteiger partial charge in [0, 0.05) is 10.7 Å². The minimum Gasteiger partial charge on any atom is -0.258 e. The summed E-state index contributed by atoms with van der Waals surface area (Å²) in [4.78, 5) is 12.4. The van der Waals surface area contributed by atoms with Crippen LogP contribution in [-0.2, 0) is 9.05 Å². The van der Waals surface area contributed by atoms with Gasteiger partial charge in [0.05, 0.1) is 10.5 Å². The fourth-order valence-electron chi connectivity index (χ4n) is 0.904. The molecule has 0 aromatic carbocycles. The predicted octanol–water partition coefficient (Wildman–Crippen LogP) is 1.85. The zero-order valence-electron chi connectivity index (χ0n) is 7.30. The second-order valence-electron chi connectivity index (χ2n) is 2.58. The lowest BCUT2D eigenvalue weighted by atomic mass is 10.2. The average molecular weight is 273 g/mol. The van der Waals surface area contributed by atoms with Gasteiger partial charge in [-0.1, -0.05) is 0 Å². The van der Waals surface area contributed by atoms with Crippen molar-refractivity contribution < 1.29 is 22.1 Å². The summed E-state index contributed by atoms with van der Waals surface area (Å²) >= 11 is 0. The Morgan fingerprint density at radius 1 is 1.50 bits per heavy atom. The van der Waals surface area contributed by atoms with Crippen molar-refractivity contribution in [3.63, 3.8) is 0 Å². The van der Waals surface area contributed by atoms with Gasteiger partial charge in [0.2, 0.25) is 0 Å². The van der Waals surface area contributed by atoms with Crippen molar-refractivity contribution in [3.05, 3.63) is 27.9 Å². The lowest BCUT2D eigenvalue weighted by molar-refractivity contribution is -0.386. The Bertz CT molecular complexity index is 533. The normalized spacial score (nSPS) is 11.8. The highest BCUT2D eigenvalue weighted by molar-refractivity contribution is 8.13. The molecule has 0 amide bonds. The first kappa shape index (κ1) is 12.7. The quantitative estimate of drug-likeness (QED) is 0.476. The predicted molar refractivity (Wildman–Crippen MR) is 48.9 cm³/mol. The summed E-state index contributed by atoms with van der Waals surface area (Å²) in [6.07, 6.45) is -2.77. The number of pyridine rings is 1. The van der Waals surface area contributed by atoms with Gasteiger partial charge in [-0.25, -0.2) is 22.2 Å². The summed E-state index contributed by atoms with van der Waals surface area (Å²) in [5.41, 5.74) is -2.00. The van der Waals surface area contributed by atoms with Gasteiger partial charge in [-0.05, 0) is 6.07 Å². The monoisotopic (exact) mass is 272 g/mol. The van der Waals surface area contributed by atoms with E-state index < -0.39 is 36.7 Å². The molecule has 0 atom stereocenters. The van der Waals surface area contributed by atoms with Crippen LogP contribution >= 0.6 is 10.7 Å². The lowest BCUT2D eigenvalue weighted by Crippen LogP contribution is -2.02. The Morgan fingerprint density at radius 3 is 2.44 bits per heavy atom. The topological polar surface area (TPSA) is 90.2 Å². The molecule has 0 radical (unpaired) electrons. The molecule has 0 fully saturated rings. The first-order valence-electron chi connectivity index (χ1n) is 3.60. The molecule has 0 aliphatic carbocycles. The van der Waals surface area contributed by atoms with Crippen molar-refractivity contribution in [2.24, 2.45) is 0 Å². The number of nitrogens with zero attached hydrogens (tertiary/aromatic N) is 2. The zero-order chi connectivity index (χ0) is 12.5. The molecule has 0 aliphatic rings. The number of halogens is 3. The molecular formula is C6H3ClF2N2O4S. The summed E-state index contributed by atoms with van der Waals surface area (Å²) in [5, 5.41) is 9.49. The largest absolute Gasteiger partial charge is 0.296 e. The summed E-state index contributed by atoms with van der Waals surface area (Å²) in [6, 6.07) is 0.380. The molecule has 1 aromatic heterocycles. The minimum atomic E-state index is -4.30. The number of nitro groups is 1. The fourth-order valence-corrected chi connectivity index (χ4v) is 1.60. The Morgan fingerprint density at radius 2 is 2.06 bits per heavy atom. The van der Waals surface area contributed by atoms with Crippen LogP contribution in [0.1, 0.15) is 12.0 Å². The molecule has 0 spiro atoms. The highest BCUT2D eigenvalue weighted by atomic mass is 35.7.